The first-order chi connectivity index (χ1) is 19.1. The zero-order chi connectivity index (χ0) is 26.8. The summed E-state index contributed by atoms with van der Waals surface area (Å²) in [6.07, 6.45) is 6.50. The number of halogens is 1. The molecular weight excluding hydrogens is 562 g/mol. The van der Waals surface area contributed by atoms with E-state index in [0.717, 1.165) is 77.7 Å². The van der Waals surface area contributed by atoms with Crippen molar-refractivity contribution in [2.45, 2.75) is 32.6 Å². The van der Waals surface area contributed by atoms with Gasteiger partial charge in [0, 0.05) is 56.2 Å². The van der Waals surface area contributed by atoms with Gasteiger partial charge in [0.1, 0.15) is 16.7 Å². The molecule has 12 heteroatoms. The fourth-order valence-electron chi connectivity index (χ4n) is 5.47. The Balaban J connectivity index is 1.18. The Bertz CT molecular complexity index is 1310. The third-order valence-corrected chi connectivity index (χ3v) is 8.55. The average molecular weight is 599 g/mol. The topological polar surface area (TPSA) is 115 Å². The van der Waals surface area contributed by atoms with Crippen LogP contribution in [0.25, 0.3) is 11.0 Å². The number of hydroxylamine groups is 1. The van der Waals surface area contributed by atoms with E-state index in [1.165, 1.54) is 38.8 Å². The maximum atomic E-state index is 13.1. The van der Waals surface area contributed by atoms with E-state index in [0.29, 0.717) is 18.1 Å². The summed E-state index contributed by atoms with van der Waals surface area (Å²) in [6.45, 7) is 10.1. The van der Waals surface area contributed by atoms with Crippen molar-refractivity contribution in [3.05, 3.63) is 34.2 Å². The van der Waals surface area contributed by atoms with Crippen molar-refractivity contribution in [3.8, 4) is 0 Å². The molecule has 1 aliphatic carbocycles. The maximum Gasteiger partial charge on any atom is 0.274 e. The van der Waals surface area contributed by atoms with E-state index in [2.05, 4.69) is 68.5 Å². The first-order valence-electron chi connectivity index (χ1n) is 13.9. The standard InChI is InChI=1S/C27H36BrN9O2/c1-18-21(29-6-9-35-7-2-3-8-35)14-20(27(38)34-39-16-19-4-5-19)15-22(18)36-10-12-37(13-11-36)26-23-24(28)32-33-25(23)30-17-31-26/h14-15,17,19,29H,2-13,16H2,1H3,(H,34,38)(H,30,31,32,33). The van der Waals surface area contributed by atoms with Crippen LogP contribution < -0.4 is 20.6 Å². The van der Waals surface area contributed by atoms with Crippen molar-refractivity contribution in [3.63, 3.8) is 0 Å². The molecule has 0 atom stereocenters. The molecule has 208 valence electrons. The second kappa shape index (κ2) is 11.6. The number of benzene rings is 1. The molecule has 3 aliphatic rings. The molecule has 2 aromatic heterocycles. The van der Waals surface area contributed by atoms with Crippen LogP contribution in [-0.4, -0.2) is 89.9 Å². The SMILES string of the molecule is Cc1c(NCCN2CCCC2)cc(C(=O)NOCC2CC2)cc1N1CCN(c2ncnc3[nH]nc(Br)c23)CC1. The van der Waals surface area contributed by atoms with Crippen LogP contribution in [0.1, 0.15) is 41.6 Å². The van der Waals surface area contributed by atoms with Crippen LogP contribution >= 0.6 is 15.9 Å². The van der Waals surface area contributed by atoms with Crippen LogP contribution in [0.3, 0.4) is 0 Å². The summed E-state index contributed by atoms with van der Waals surface area (Å²) in [6, 6.07) is 3.96. The van der Waals surface area contributed by atoms with Gasteiger partial charge >= 0.3 is 0 Å². The van der Waals surface area contributed by atoms with Gasteiger partial charge in [-0.15, -0.1) is 0 Å². The molecule has 39 heavy (non-hydrogen) atoms. The summed E-state index contributed by atoms with van der Waals surface area (Å²) in [5.74, 6) is 1.25. The van der Waals surface area contributed by atoms with E-state index in [9.17, 15) is 4.79 Å². The van der Waals surface area contributed by atoms with Gasteiger partial charge in [0.2, 0.25) is 0 Å². The molecule has 3 fully saturated rings. The Labute approximate surface area is 236 Å². The zero-order valence-corrected chi connectivity index (χ0v) is 24.0. The second-order valence-electron chi connectivity index (χ2n) is 10.7. The number of H-pyrrole nitrogens is 1. The highest BCUT2D eigenvalue weighted by Crippen LogP contribution is 2.33. The number of fused-ring (bicyclic) bond motifs is 1. The normalized spacial score (nSPS) is 18.2. The van der Waals surface area contributed by atoms with Crippen molar-refractivity contribution in [2.75, 3.05) is 74.1 Å². The van der Waals surface area contributed by atoms with E-state index >= 15 is 0 Å². The highest BCUT2D eigenvalue weighted by Gasteiger charge is 2.25. The molecule has 1 amide bonds. The van der Waals surface area contributed by atoms with Crippen molar-refractivity contribution in [1.29, 1.82) is 0 Å². The lowest BCUT2D eigenvalue weighted by Gasteiger charge is -2.38. The van der Waals surface area contributed by atoms with E-state index in [4.69, 9.17) is 4.84 Å². The number of nitrogens with one attached hydrogen (secondary N) is 3. The molecule has 3 N–H and O–H groups in total. The summed E-state index contributed by atoms with van der Waals surface area (Å²) in [7, 11) is 0. The molecule has 2 saturated heterocycles. The van der Waals surface area contributed by atoms with Crippen LogP contribution in [0.5, 0.6) is 0 Å². The first kappa shape index (κ1) is 26.3. The van der Waals surface area contributed by atoms with Gasteiger partial charge in [-0.05, 0) is 85.2 Å². The predicted octanol–water partition coefficient (Wildman–Crippen LogP) is 3.33. The number of amides is 1. The lowest BCUT2D eigenvalue weighted by Crippen LogP contribution is -2.47. The van der Waals surface area contributed by atoms with E-state index in [1.807, 2.05) is 12.1 Å². The number of likely N-dealkylation sites (tertiary alicyclic amines) is 1. The molecule has 1 saturated carbocycles. The molecule has 2 aliphatic heterocycles. The Hall–Kier alpha value is -2.96. The minimum Gasteiger partial charge on any atom is -0.383 e. The molecule has 0 spiro atoms. The fraction of sp³-hybridized carbons (Fsp3) is 0.556. The molecule has 0 radical (unpaired) electrons. The molecule has 0 bridgehead atoms. The number of rotatable bonds is 10. The lowest BCUT2D eigenvalue weighted by atomic mass is 10.0. The van der Waals surface area contributed by atoms with Gasteiger partial charge < -0.3 is 20.0 Å². The van der Waals surface area contributed by atoms with E-state index in [-0.39, 0.29) is 5.91 Å². The number of aromatic amines is 1. The minimum absolute atomic E-state index is 0.202. The van der Waals surface area contributed by atoms with Gasteiger partial charge in [-0.25, -0.2) is 15.4 Å². The van der Waals surface area contributed by atoms with Crippen molar-refractivity contribution in [1.82, 2.24) is 30.5 Å². The number of hydrogen-bond acceptors (Lipinski definition) is 9. The predicted molar refractivity (Wildman–Crippen MR) is 155 cm³/mol. The number of hydrogen-bond donors (Lipinski definition) is 3. The van der Waals surface area contributed by atoms with Crippen LogP contribution in [-0.2, 0) is 4.84 Å². The van der Waals surface area contributed by atoms with Gasteiger partial charge in [0.05, 0.1) is 12.0 Å². The fourth-order valence-corrected chi connectivity index (χ4v) is 5.93. The monoisotopic (exact) mass is 597 g/mol. The van der Waals surface area contributed by atoms with Gasteiger partial charge in [0.25, 0.3) is 5.91 Å². The van der Waals surface area contributed by atoms with E-state index < -0.39 is 0 Å². The van der Waals surface area contributed by atoms with Gasteiger partial charge in [-0.2, -0.15) is 5.10 Å². The van der Waals surface area contributed by atoms with Crippen molar-refractivity contribution in [2.24, 2.45) is 5.92 Å². The maximum absolute atomic E-state index is 13.1. The van der Waals surface area contributed by atoms with Crippen molar-refractivity contribution >= 4 is 50.1 Å². The Morgan fingerprint density at radius 1 is 1.10 bits per heavy atom. The average Bonchev–Trinajstić information content (AvgIpc) is 3.48. The number of carbonyl (C=O) groups is 1. The largest absolute Gasteiger partial charge is 0.383 e. The van der Waals surface area contributed by atoms with Crippen LogP contribution in [0.4, 0.5) is 17.2 Å². The summed E-state index contributed by atoms with van der Waals surface area (Å²) in [4.78, 5) is 34.6. The molecular formula is C27H36BrN9O2. The third-order valence-electron chi connectivity index (χ3n) is 7.98. The highest BCUT2D eigenvalue weighted by atomic mass is 79.9. The van der Waals surface area contributed by atoms with Crippen LogP contribution in [0.2, 0.25) is 0 Å². The zero-order valence-electron chi connectivity index (χ0n) is 22.4. The minimum atomic E-state index is -0.202. The summed E-state index contributed by atoms with van der Waals surface area (Å²) >= 11 is 3.53. The van der Waals surface area contributed by atoms with Crippen LogP contribution in [0, 0.1) is 12.8 Å². The Morgan fingerprint density at radius 3 is 2.64 bits per heavy atom. The Kier molecular flexibility index (Phi) is 7.85. The number of nitrogens with zero attached hydrogens (tertiary/aromatic N) is 6. The lowest BCUT2D eigenvalue weighted by molar-refractivity contribution is 0.0270. The second-order valence-corrected chi connectivity index (χ2v) is 11.5. The Morgan fingerprint density at radius 2 is 1.87 bits per heavy atom. The number of carbonyl (C=O) groups excluding carboxylic acids is 1. The molecule has 11 nitrogen and oxygen atoms in total. The summed E-state index contributed by atoms with van der Waals surface area (Å²) in [5, 5.41) is 11.7. The van der Waals surface area contributed by atoms with Gasteiger partial charge in [0.15, 0.2) is 5.65 Å². The molecule has 6 rings (SSSR count). The van der Waals surface area contributed by atoms with E-state index in [1.54, 1.807) is 6.33 Å². The number of piperazine rings is 1. The summed E-state index contributed by atoms with van der Waals surface area (Å²) in [5.41, 5.74) is 7.23. The summed E-state index contributed by atoms with van der Waals surface area (Å²) < 4.78 is 0.721. The molecule has 1 aromatic carbocycles. The quantitative estimate of drug-likeness (QED) is 0.303. The molecule has 4 heterocycles. The van der Waals surface area contributed by atoms with Crippen molar-refractivity contribution < 1.29 is 9.63 Å². The molecule has 3 aromatic rings. The smallest absolute Gasteiger partial charge is 0.274 e. The first-order valence-corrected chi connectivity index (χ1v) is 14.7. The highest BCUT2D eigenvalue weighted by molar-refractivity contribution is 9.10. The van der Waals surface area contributed by atoms with Gasteiger partial charge in [-0.1, -0.05) is 0 Å². The molecule has 0 unspecified atom stereocenters. The number of anilines is 3. The third kappa shape index (κ3) is 5.97. The van der Waals surface area contributed by atoms with Gasteiger partial charge in [-0.3, -0.25) is 14.7 Å². The number of aromatic nitrogens is 4. The van der Waals surface area contributed by atoms with Crippen LogP contribution in [0.15, 0.2) is 23.1 Å².